The first-order valence-corrected chi connectivity index (χ1v) is 3.61. The summed E-state index contributed by atoms with van der Waals surface area (Å²) in [4.78, 5) is 27.4. The van der Waals surface area contributed by atoms with Gasteiger partial charge in [-0.1, -0.05) is 0 Å². The topological polar surface area (TPSA) is 95.1 Å². The largest absolute Gasteiger partial charge is 0.474 e. The SMILES string of the molecule is Cc1[nH]cnc1CNC(=O)C(=O)O. The number of carbonyl (C=O) groups is 2. The monoisotopic (exact) mass is 183 g/mol. The van der Waals surface area contributed by atoms with Crippen molar-refractivity contribution >= 4 is 11.9 Å². The van der Waals surface area contributed by atoms with Crippen LogP contribution in [0.4, 0.5) is 0 Å². The van der Waals surface area contributed by atoms with E-state index in [1.807, 2.05) is 0 Å². The van der Waals surface area contributed by atoms with E-state index in [1.54, 1.807) is 6.92 Å². The van der Waals surface area contributed by atoms with Gasteiger partial charge in [-0.25, -0.2) is 9.78 Å². The minimum Gasteiger partial charge on any atom is -0.474 e. The molecule has 0 aliphatic heterocycles. The highest BCUT2D eigenvalue weighted by Crippen LogP contribution is 1.98. The summed E-state index contributed by atoms with van der Waals surface area (Å²) < 4.78 is 0. The molecule has 6 heteroatoms. The number of carboxylic acid groups (broad SMARTS) is 1. The molecule has 1 aromatic rings. The van der Waals surface area contributed by atoms with Gasteiger partial charge in [0, 0.05) is 5.69 Å². The van der Waals surface area contributed by atoms with Crippen LogP contribution in [-0.4, -0.2) is 27.0 Å². The molecule has 0 radical (unpaired) electrons. The third-order valence-electron chi connectivity index (χ3n) is 1.54. The normalized spacial score (nSPS) is 9.62. The highest BCUT2D eigenvalue weighted by Gasteiger charge is 2.11. The maximum Gasteiger partial charge on any atom is 0.394 e. The molecule has 70 valence electrons. The Balaban J connectivity index is 2.48. The third-order valence-corrected chi connectivity index (χ3v) is 1.54. The summed E-state index contributed by atoms with van der Waals surface area (Å²) in [5.41, 5.74) is 1.44. The maximum absolute atomic E-state index is 10.6. The molecule has 1 heterocycles. The zero-order valence-electron chi connectivity index (χ0n) is 7.00. The van der Waals surface area contributed by atoms with Gasteiger partial charge in [0.05, 0.1) is 18.6 Å². The van der Waals surface area contributed by atoms with Crippen LogP contribution < -0.4 is 5.32 Å². The van der Waals surface area contributed by atoms with E-state index in [2.05, 4.69) is 15.3 Å². The number of nitrogens with one attached hydrogen (secondary N) is 2. The standard InChI is InChI=1S/C7H9N3O3/c1-4-5(10-3-9-4)2-8-6(11)7(12)13/h3H,2H2,1H3,(H,8,11)(H,9,10)(H,12,13). The van der Waals surface area contributed by atoms with Gasteiger partial charge in [-0.15, -0.1) is 0 Å². The highest BCUT2D eigenvalue weighted by molar-refractivity contribution is 6.31. The van der Waals surface area contributed by atoms with E-state index >= 15 is 0 Å². The van der Waals surface area contributed by atoms with Crippen molar-refractivity contribution in [1.82, 2.24) is 15.3 Å². The lowest BCUT2D eigenvalue weighted by Crippen LogP contribution is -2.30. The van der Waals surface area contributed by atoms with Crippen molar-refractivity contribution < 1.29 is 14.7 Å². The average molecular weight is 183 g/mol. The van der Waals surface area contributed by atoms with Crippen LogP contribution in [-0.2, 0) is 16.1 Å². The predicted octanol–water partition coefficient (Wildman–Crippen LogP) is -0.581. The van der Waals surface area contributed by atoms with E-state index < -0.39 is 11.9 Å². The zero-order chi connectivity index (χ0) is 9.84. The van der Waals surface area contributed by atoms with Gasteiger partial charge in [0.25, 0.3) is 0 Å². The number of carbonyl (C=O) groups excluding carboxylic acids is 1. The lowest BCUT2D eigenvalue weighted by atomic mass is 10.3. The molecule has 1 amide bonds. The average Bonchev–Trinajstić information content (AvgIpc) is 2.47. The van der Waals surface area contributed by atoms with Gasteiger partial charge in [-0.2, -0.15) is 0 Å². The molecule has 0 bridgehead atoms. The summed E-state index contributed by atoms with van der Waals surface area (Å²) in [5.74, 6) is -2.52. The van der Waals surface area contributed by atoms with Crippen molar-refractivity contribution in [3.8, 4) is 0 Å². The Bertz CT molecular complexity index is 331. The quantitative estimate of drug-likeness (QED) is 0.534. The Labute approximate surface area is 74.0 Å². The van der Waals surface area contributed by atoms with E-state index in [-0.39, 0.29) is 6.54 Å². The molecule has 6 nitrogen and oxygen atoms in total. The molecule has 0 aliphatic carbocycles. The molecule has 13 heavy (non-hydrogen) atoms. The summed E-state index contributed by atoms with van der Waals surface area (Å²) >= 11 is 0. The molecule has 0 saturated heterocycles. The Morgan fingerprint density at radius 3 is 2.85 bits per heavy atom. The number of hydrogen-bond donors (Lipinski definition) is 3. The lowest BCUT2D eigenvalue weighted by molar-refractivity contribution is -0.150. The van der Waals surface area contributed by atoms with E-state index in [9.17, 15) is 9.59 Å². The molecule has 0 atom stereocenters. The number of aliphatic carboxylic acids is 1. The number of hydrogen-bond acceptors (Lipinski definition) is 3. The number of aromatic nitrogens is 2. The maximum atomic E-state index is 10.6. The van der Waals surface area contributed by atoms with Crippen LogP contribution in [0, 0.1) is 6.92 Å². The van der Waals surface area contributed by atoms with Crippen LogP contribution in [0.1, 0.15) is 11.4 Å². The molecule has 3 N–H and O–H groups in total. The first-order valence-electron chi connectivity index (χ1n) is 3.61. The van der Waals surface area contributed by atoms with E-state index in [0.29, 0.717) is 5.69 Å². The summed E-state index contributed by atoms with van der Waals surface area (Å²) in [6.07, 6.45) is 1.48. The van der Waals surface area contributed by atoms with Crippen LogP contribution in [0.25, 0.3) is 0 Å². The molecule has 1 aromatic heterocycles. The molecule has 0 aromatic carbocycles. The molecule has 0 fully saturated rings. The Morgan fingerprint density at radius 1 is 1.69 bits per heavy atom. The fraction of sp³-hybridized carbons (Fsp3) is 0.286. The highest BCUT2D eigenvalue weighted by atomic mass is 16.4. The number of aryl methyl sites for hydroxylation is 1. The Hall–Kier alpha value is -1.85. The van der Waals surface area contributed by atoms with Crippen molar-refractivity contribution in [2.24, 2.45) is 0 Å². The van der Waals surface area contributed by atoms with Crippen molar-refractivity contribution in [3.63, 3.8) is 0 Å². The van der Waals surface area contributed by atoms with Gasteiger partial charge in [0.2, 0.25) is 0 Å². The van der Waals surface area contributed by atoms with Crippen molar-refractivity contribution in [2.75, 3.05) is 0 Å². The zero-order valence-corrected chi connectivity index (χ0v) is 7.00. The minimum atomic E-state index is -1.49. The van der Waals surface area contributed by atoms with Gasteiger partial charge in [-0.3, -0.25) is 4.79 Å². The third kappa shape index (κ3) is 2.29. The van der Waals surface area contributed by atoms with E-state index in [1.165, 1.54) is 6.33 Å². The first kappa shape index (κ1) is 9.24. The number of nitrogens with zero attached hydrogens (tertiary/aromatic N) is 1. The number of carboxylic acids is 1. The second-order valence-electron chi connectivity index (χ2n) is 2.46. The molecular formula is C7H9N3O3. The molecule has 0 saturated carbocycles. The van der Waals surface area contributed by atoms with Crippen LogP contribution in [0.5, 0.6) is 0 Å². The van der Waals surface area contributed by atoms with Crippen LogP contribution in [0.15, 0.2) is 6.33 Å². The number of amides is 1. The van der Waals surface area contributed by atoms with Crippen LogP contribution in [0.3, 0.4) is 0 Å². The number of H-pyrrole nitrogens is 1. The Morgan fingerprint density at radius 2 is 2.38 bits per heavy atom. The van der Waals surface area contributed by atoms with E-state index in [0.717, 1.165) is 5.69 Å². The molecular weight excluding hydrogens is 174 g/mol. The molecule has 0 spiro atoms. The number of rotatable bonds is 2. The van der Waals surface area contributed by atoms with E-state index in [4.69, 9.17) is 5.11 Å². The fourth-order valence-electron chi connectivity index (χ4n) is 0.805. The summed E-state index contributed by atoms with van der Waals surface area (Å²) in [6.45, 7) is 1.91. The number of aromatic amines is 1. The van der Waals surface area contributed by atoms with Crippen LogP contribution >= 0.6 is 0 Å². The van der Waals surface area contributed by atoms with Crippen molar-refractivity contribution in [3.05, 3.63) is 17.7 Å². The van der Waals surface area contributed by atoms with Gasteiger partial charge in [-0.05, 0) is 6.92 Å². The van der Waals surface area contributed by atoms with Crippen molar-refractivity contribution in [2.45, 2.75) is 13.5 Å². The minimum absolute atomic E-state index is 0.125. The molecule has 0 aliphatic rings. The van der Waals surface area contributed by atoms with Crippen LogP contribution in [0.2, 0.25) is 0 Å². The van der Waals surface area contributed by atoms with Gasteiger partial charge < -0.3 is 15.4 Å². The van der Waals surface area contributed by atoms with Gasteiger partial charge >= 0.3 is 11.9 Å². The predicted molar refractivity (Wildman–Crippen MR) is 42.8 cm³/mol. The second kappa shape index (κ2) is 3.70. The van der Waals surface area contributed by atoms with Gasteiger partial charge in [0.15, 0.2) is 0 Å². The number of imidazole rings is 1. The summed E-state index contributed by atoms with van der Waals surface area (Å²) in [6, 6.07) is 0. The summed E-state index contributed by atoms with van der Waals surface area (Å²) in [5, 5.41) is 10.4. The molecule has 0 unspecified atom stereocenters. The lowest BCUT2D eigenvalue weighted by Gasteiger charge is -1.99. The second-order valence-corrected chi connectivity index (χ2v) is 2.46. The fourth-order valence-corrected chi connectivity index (χ4v) is 0.805. The smallest absolute Gasteiger partial charge is 0.394 e. The Kier molecular flexibility index (Phi) is 2.63. The van der Waals surface area contributed by atoms with Crippen molar-refractivity contribution in [1.29, 1.82) is 0 Å². The first-order chi connectivity index (χ1) is 6.11. The molecule has 1 rings (SSSR count). The van der Waals surface area contributed by atoms with Gasteiger partial charge in [0.1, 0.15) is 0 Å². The summed E-state index contributed by atoms with van der Waals surface area (Å²) in [7, 11) is 0.